The van der Waals surface area contributed by atoms with Crippen molar-refractivity contribution in [2.24, 2.45) is 5.92 Å². The zero-order chi connectivity index (χ0) is 29.7. The van der Waals surface area contributed by atoms with Crippen LogP contribution in [0.4, 0.5) is 11.5 Å². The molecule has 1 saturated carbocycles. The lowest BCUT2D eigenvalue weighted by Crippen LogP contribution is -2.54. The van der Waals surface area contributed by atoms with E-state index in [4.69, 9.17) is 4.98 Å². The third kappa shape index (κ3) is 5.13. The Hall–Kier alpha value is -4.65. The Kier molecular flexibility index (Phi) is 6.88. The number of nitrogens with zero attached hydrogens (tertiary/aromatic N) is 7. The van der Waals surface area contributed by atoms with Crippen molar-refractivity contribution in [1.82, 2.24) is 34.9 Å². The highest BCUT2D eigenvalue weighted by atomic mass is 16.2. The zero-order valence-electron chi connectivity index (χ0n) is 23.9. The molecule has 1 aliphatic carbocycles. The summed E-state index contributed by atoms with van der Waals surface area (Å²) in [5.74, 6) is 0.0473. The van der Waals surface area contributed by atoms with Gasteiger partial charge in [-0.05, 0) is 56.5 Å². The van der Waals surface area contributed by atoms with Gasteiger partial charge in [0.05, 0.1) is 28.9 Å². The van der Waals surface area contributed by atoms with Crippen molar-refractivity contribution in [2.75, 3.05) is 50.0 Å². The lowest BCUT2D eigenvalue weighted by Gasteiger charge is -2.35. The SMILES string of the molecule is CN1CCN(c2ccnc(-c3cnn([C@H]4C[C@H](CNc5ccc6c(c5)C(=O)N(C5CCC(=O)NC5=O)C6=O)C4)c3)n2)CC1. The summed E-state index contributed by atoms with van der Waals surface area (Å²) >= 11 is 0. The monoisotopic (exact) mass is 583 g/mol. The Labute approximate surface area is 248 Å². The molecule has 5 heterocycles. The van der Waals surface area contributed by atoms with E-state index < -0.39 is 29.7 Å². The predicted molar refractivity (Wildman–Crippen MR) is 156 cm³/mol. The first-order valence-corrected chi connectivity index (χ1v) is 14.7. The van der Waals surface area contributed by atoms with Gasteiger partial charge >= 0.3 is 0 Å². The van der Waals surface area contributed by atoms with E-state index in [0.717, 1.165) is 67.5 Å². The normalized spacial score (nSPS) is 24.2. The van der Waals surface area contributed by atoms with Gasteiger partial charge in [0.1, 0.15) is 11.9 Å². The third-order valence-electron chi connectivity index (χ3n) is 8.95. The molecular formula is C30H33N9O4. The van der Waals surface area contributed by atoms with Gasteiger partial charge in [0.2, 0.25) is 11.8 Å². The number of piperidine rings is 1. The van der Waals surface area contributed by atoms with Crippen LogP contribution in [-0.4, -0.2) is 99.0 Å². The molecule has 13 nitrogen and oxygen atoms in total. The molecule has 0 radical (unpaired) electrons. The average Bonchev–Trinajstić information content (AvgIpc) is 3.56. The van der Waals surface area contributed by atoms with Crippen molar-refractivity contribution in [2.45, 2.75) is 37.8 Å². The number of carbonyl (C=O) groups is 4. The molecule has 7 rings (SSSR count). The van der Waals surface area contributed by atoms with Gasteiger partial charge in [-0.3, -0.25) is 34.1 Å². The first-order valence-electron chi connectivity index (χ1n) is 14.7. The van der Waals surface area contributed by atoms with E-state index in [9.17, 15) is 19.2 Å². The number of anilines is 2. The lowest BCUT2D eigenvalue weighted by molar-refractivity contribution is -0.136. The number of amides is 4. The van der Waals surface area contributed by atoms with Gasteiger partial charge in [-0.15, -0.1) is 0 Å². The highest BCUT2D eigenvalue weighted by molar-refractivity contribution is 6.23. The maximum atomic E-state index is 13.1. The van der Waals surface area contributed by atoms with E-state index >= 15 is 0 Å². The smallest absolute Gasteiger partial charge is 0.262 e. The molecule has 1 aromatic carbocycles. The minimum Gasteiger partial charge on any atom is -0.385 e. The number of hydrogen-bond donors (Lipinski definition) is 2. The molecule has 0 bridgehead atoms. The van der Waals surface area contributed by atoms with Crippen molar-refractivity contribution in [3.8, 4) is 11.4 Å². The standard InChI is InChI=1S/C30H33N9O4/c1-36-8-10-37(11-9-36)25-6-7-31-27(34-25)19-16-33-38(17-19)21-12-18(13-21)15-32-20-2-3-22-23(14-20)30(43)39(29(22)42)24-4-5-26(40)35-28(24)41/h2-3,6-7,14,16-18,21,24,32H,4-5,8-13,15H2,1H3,(H,35,40,41)/t18-,21-,24?. The molecule has 4 aliphatic rings. The fourth-order valence-corrected chi connectivity index (χ4v) is 6.28. The van der Waals surface area contributed by atoms with Crippen molar-refractivity contribution in [3.05, 3.63) is 54.0 Å². The van der Waals surface area contributed by atoms with E-state index in [1.54, 1.807) is 18.2 Å². The fourth-order valence-electron chi connectivity index (χ4n) is 6.28. The molecule has 2 aromatic heterocycles. The minimum absolute atomic E-state index is 0.0940. The minimum atomic E-state index is -0.969. The lowest BCUT2D eigenvalue weighted by atomic mass is 9.80. The van der Waals surface area contributed by atoms with Crippen LogP contribution in [0.5, 0.6) is 0 Å². The summed E-state index contributed by atoms with van der Waals surface area (Å²) < 4.78 is 2.00. The quantitative estimate of drug-likeness (QED) is 0.393. The van der Waals surface area contributed by atoms with Crippen molar-refractivity contribution >= 4 is 35.1 Å². The van der Waals surface area contributed by atoms with E-state index in [-0.39, 0.29) is 24.0 Å². The molecule has 4 amide bonds. The molecule has 13 heteroatoms. The summed E-state index contributed by atoms with van der Waals surface area (Å²) in [7, 11) is 2.14. The van der Waals surface area contributed by atoms with E-state index in [0.29, 0.717) is 17.8 Å². The Bertz CT molecular complexity index is 1610. The van der Waals surface area contributed by atoms with Gasteiger partial charge in [0.15, 0.2) is 5.82 Å². The third-order valence-corrected chi connectivity index (χ3v) is 8.95. The molecule has 1 atom stereocenters. The Balaban J connectivity index is 0.936. The van der Waals surface area contributed by atoms with Crippen LogP contribution in [0.25, 0.3) is 11.4 Å². The van der Waals surface area contributed by atoms with Crippen LogP contribution in [0.1, 0.15) is 52.4 Å². The first-order chi connectivity index (χ1) is 20.8. The average molecular weight is 584 g/mol. The molecule has 3 aromatic rings. The van der Waals surface area contributed by atoms with Gasteiger partial charge in [-0.2, -0.15) is 5.10 Å². The van der Waals surface area contributed by atoms with Crippen molar-refractivity contribution in [1.29, 1.82) is 0 Å². The zero-order valence-corrected chi connectivity index (χ0v) is 23.9. The molecule has 3 fully saturated rings. The Morgan fingerprint density at radius 1 is 1.00 bits per heavy atom. The number of likely N-dealkylation sites (N-methyl/N-ethyl adjacent to an activating group) is 1. The van der Waals surface area contributed by atoms with Crippen molar-refractivity contribution in [3.63, 3.8) is 0 Å². The number of rotatable bonds is 7. The van der Waals surface area contributed by atoms with E-state index in [1.165, 1.54) is 0 Å². The van der Waals surface area contributed by atoms with Crippen LogP contribution in [0, 0.1) is 5.92 Å². The number of hydrogen-bond acceptors (Lipinski definition) is 10. The number of carbonyl (C=O) groups excluding carboxylic acids is 4. The maximum Gasteiger partial charge on any atom is 0.262 e. The molecule has 3 aliphatic heterocycles. The van der Waals surface area contributed by atoms with E-state index in [2.05, 4.69) is 37.6 Å². The van der Waals surface area contributed by atoms with Gasteiger partial charge in [-0.1, -0.05) is 0 Å². The highest BCUT2D eigenvalue weighted by Gasteiger charge is 2.44. The predicted octanol–water partition coefficient (Wildman–Crippen LogP) is 1.56. The summed E-state index contributed by atoms with van der Waals surface area (Å²) in [6, 6.07) is 6.37. The van der Waals surface area contributed by atoms with Crippen LogP contribution in [-0.2, 0) is 9.59 Å². The molecule has 0 spiro atoms. The summed E-state index contributed by atoms with van der Waals surface area (Å²) in [4.78, 5) is 64.7. The number of imide groups is 2. The second-order valence-electron chi connectivity index (χ2n) is 11.8. The molecule has 1 unspecified atom stereocenters. The second-order valence-corrected chi connectivity index (χ2v) is 11.8. The summed E-state index contributed by atoms with van der Waals surface area (Å²) in [6.07, 6.45) is 7.82. The Morgan fingerprint density at radius 3 is 2.58 bits per heavy atom. The van der Waals surface area contributed by atoms with Gasteiger partial charge in [0.25, 0.3) is 11.8 Å². The van der Waals surface area contributed by atoms with Crippen molar-refractivity contribution < 1.29 is 19.2 Å². The van der Waals surface area contributed by atoms with Gasteiger partial charge in [-0.25, -0.2) is 9.97 Å². The number of nitrogens with one attached hydrogen (secondary N) is 2. The first kappa shape index (κ1) is 27.2. The molecule has 222 valence electrons. The second kappa shape index (κ2) is 10.9. The van der Waals surface area contributed by atoms with Crippen LogP contribution in [0.3, 0.4) is 0 Å². The summed E-state index contributed by atoms with van der Waals surface area (Å²) in [5, 5.41) is 10.2. The van der Waals surface area contributed by atoms with Crippen LogP contribution >= 0.6 is 0 Å². The van der Waals surface area contributed by atoms with Crippen LogP contribution < -0.4 is 15.5 Å². The van der Waals surface area contributed by atoms with Crippen LogP contribution in [0.15, 0.2) is 42.9 Å². The largest absolute Gasteiger partial charge is 0.385 e. The fraction of sp³-hybridized carbons (Fsp3) is 0.433. The van der Waals surface area contributed by atoms with Gasteiger partial charge in [0, 0.05) is 57.2 Å². The number of piperazine rings is 1. The summed E-state index contributed by atoms with van der Waals surface area (Å²) in [6.45, 7) is 4.65. The van der Waals surface area contributed by atoms with Gasteiger partial charge < -0.3 is 15.1 Å². The Morgan fingerprint density at radius 2 is 1.79 bits per heavy atom. The molecule has 43 heavy (non-hydrogen) atoms. The highest BCUT2D eigenvalue weighted by Crippen LogP contribution is 2.38. The molecule has 2 N–H and O–H groups in total. The molecule has 2 saturated heterocycles. The van der Waals surface area contributed by atoms with E-state index in [1.807, 2.05) is 29.3 Å². The number of fused-ring (bicyclic) bond motifs is 1. The topological polar surface area (TPSA) is 146 Å². The number of aromatic nitrogens is 4. The molecular weight excluding hydrogens is 550 g/mol. The van der Waals surface area contributed by atoms with Crippen LogP contribution in [0.2, 0.25) is 0 Å². The number of benzene rings is 1. The summed E-state index contributed by atoms with van der Waals surface area (Å²) in [5.41, 5.74) is 2.19. The maximum absolute atomic E-state index is 13.1.